The van der Waals surface area contributed by atoms with Gasteiger partial charge in [-0.1, -0.05) is 66.7 Å². The van der Waals surface area contributed by atoms with Gasteiger partial charge in [-0.15, -0.1) is 0 Å². The van der Waals surface area contributed by atoms with Crippen LogP contribution in [0.2, 0.25) is 5.02 Å². The molecule has 1 heterocycles. The number of ether oxygens (including phenoxy) is 3. The molecule has 10 heteroatoms. The molecule has 0 radical (unpaired) electrons. The van der Waals surface area contributed by atoms with Crippen molar-refractivity contribution in [2.75, 3.05) is 39.5 Å². The lowest BCUT2D eigenvalue weighted by Crippen LogP contribution is -2.43. The number of benzene rings is 3. The molecule has 1 atom stereocenters. The number of amides is 1. The lowest BCUT2D eigenvalue weighted by atomic mass is 10.0. The van der Waals surface area contributed by atoms with Crippen LogP contribution in [0.25, 0.3) is 11.1 Å². The third-order valence-electron chi connectivity index (χ3n) is 6.50. The van der Waals surface area contributed by atoms with Crippen molar-refractivity contribution >= 4 is 33.4 Å². The van der Waals surface area contributed by atoms with Gasteiger partial charge in [0.15, 0.2) is 6.61 Å². The molecule has 0 unspecified atom stereocenters. The van der Waals surface area contributed by atoms with Crippen molar-refractivity contribution in [1.29, 1.82) is 0 Å². The Bertz CT molecular complexity index is 1320. The van der Waals surface area contributed by atoms with Crippen LogP contribution in [-0.2, 0) is 22.7 Å². The van der Waals surface area contributed by atoms with Gasteiger partial charge in [-0.2, -0.15) is 0 Å². The maximum absolute atomic E-state index is 12.7. The summed E-state index contributed by atoms with van der Waals surface area (Å²) in [5, 5.41) is 22.6. The number of aliphatic hydroxyl groups is 2. The van der Waals surface area contributed by atoms with E-state index in [0.29, 0.717) is 48.4 Å². The van der Waals surface area contributed by atoms with Crippen molar-refractivity contribution in [1.82, 2.24) is 10.2 Å². The van der Waals surface area contributed by atoms with Crippen LogP contribution in [0, 0.1) is 0 Å². The smallest absolute Gasteiger partial charge is 0.260 e. The third-order valence-corrected chi connectivity index (χ3v) is 7.73. The lowest BCUT2D eigenvalue weighted by Gasteiger charge is -2.27. The monoisotopic (exact) mass is 630 g/mol. The first kappa shape index (κ1) is 29.9. The van der Waals surface area contributed by atoms with E-state index in [9.17, 15) is 15.0 Å². The highest BCUT2D eigenvalue weighted by molar-refractivity contribution is 9.10. The predicted octanol–water partition coefficient (Wildman–Crippen LogP) is 5.11. The molecule has 4 rings (SSSR count). The van der Waals surface area contributed by atoms with Gasteiger partial charge in [0.25, 0.3) is 5.91 Å². The van der Waals surface area contributed by atoms with E-state index < -0.39 is 6.04 Å². The highest BCUT2D eigenvalue weighted by Gasteiger charge is 2.20. The molecular weight excluding hydrogens is 600 g/mol. The van der Waals surface area contributed by atoms with Crippen molar-refractivity contribution in [3.63, 3.8) is 0 Å². The van der Waals surface area contributed by atoms with E-state index in [1.165, 1.54) is 0 Å². The third kappa shape index (κ3) is 7.77. The highest BCUT2D eigenvalue weighted by Crippen LogP contribution is 2.36. The average Bonchev–Trinajstić information content (AvgIpc) is 2.97. The van der Waals surface area contributed by atoms with Gasteiger partial charge in [0.05, 0.1) is 30.9 Å². The Kier molecular flexibility index (Phi) is 10.9. The van der Waals surface area contributed by atoms with Crippen LogP contribution >= 0.6 is 27.5 Å². The van der Waals surface area contributed by atoms with Gasteiger partial charge in [0, 0.05) is 41.3 Å². The molecule has 40 heavy (non-hydrogen) atoms. The summed E-state index contributed by atoms with van der Waals surface area (Å²) in [6.45, 7) is 5.41. The molecule has 0 spiro atoms. The number of carbonyl (C=O) groups excluding carboxylic acids is 1. The number of hydrogen-bond acceptors (Lipinski definition) is 7. The highest BCUT2D eigenvalue weighted by atomic mass is 79.9. The summed E-state index contributed by atoms with van der Waals surface area (Å²) in [7, 11) is 0. The number of aliphatic hydroxyl groups excluding tert-OH is 2. The predicted molar refractivity (Wildman–Crippen MR) is 158 cm³/mol. The number of carbonyl (C=O) groups is 1. The topological polar surface area (TPSA) is 100 Å². The van der Waals surface area contributed by atoms with Gasteiger partial charge in [-0.05, 0) is 33.1 Å². The summed E-state index contributed by atoms with van der Waals surface area (Å²) < 4.78 is 18.3. The Hall–Kier alpha value is -3.08. The molecule has 1 fully saturated rings. The van der Waals surface area contributed by atoms with Gasteiger partial charge in [-0.25, -0.2) is 0 Å². The van der Waals surface area contributed by atoms with Crippen LogP contribution in [0.5, 0.6) is 11.5 Å². The maximum atomic E-state index is 12.7. The summed E-state index contributed by atoms with van der Waals surface area (Å²) in [6, 6.07) is 18.6. The summed E-state index contributed by atoms with van der Waals surface area (Å²) in [6.07, 6.45) is 0. The van der Waals surface area contributed by atoms with Crippen molar-refractivity contribution in [3.8, 4) is 22.6 Å². The van der Waals surface area contributed by atoms with Crippen LogP contribution in [0.15, 0.2) is 77.5 Å². The normalized spacial score (nSPS) is 14.0. The van der Waals surface area contributed by atoms with E-state index in [4.69, 9.17) is 25.8 Å². The molecule has 1 aliphatic rings. The number of rotatable bonds is 12. The Morgan fingerprint density at radius 1 is 1.07 bits per heavy atom. The molecule has 0 saturated carbocycles. The minimum Gasteiger partial charge on any atom is -0.511 e. The molecule has 1 saturated heterocycles. The SMILES string of the molecule is C=C(O)[C@H](CO)NCc1cc(Cl)c(OCc2cccc(-c3ccccc3)c2Br)cc1OCC(=O)N1CCOCC1. The van der Waals surface area contributed by atoms with Crippen LogP contribution in [-0.4, -0.2) is 66.6 Å². The fourth-order valence-corrected chi connectivity index (χ4v) is 5.06. The van der Waals surface area contributed by atoms with Crippen LogP contribution < -0.4 is 14.8 Å². The molecule has 3 N–H and O–H groups in total. The zero-order valence-electron chi connectivity index (χ0n) is 21.9. The van der Waals surface area contributed by atoms with Gasteiger partial charge in [-0.3, -0.25) is 4.79 Å². The second-order valence-corrected chi connectivity index (χ2v) is 10.4. The van der Waals surface area contributed by atoms with Gasteiger partial charge >= 0.3 is 0 Å². The van der Waals surface area contributed by atoms with Crippen LogP contribution in [0.3, 0.4) is 0 Å². The maximum Gasteiger partial charge on any atom is 0.260 e. The summed E-state index contributed by atoms with van der Waals surface area (Å²) >= 11 is 10.3. The van der Waals surface area contributed by atoms with Gasteiger partial charge in [0.1, 0.15) is 23.9 Å². The summed E-state index contributed by atoms with van der Waals surface area (Å²) in [5.74, 6) is 0.437. The second kappa shape index (κ2) is 14.5. The second-order valence-electron chi connectivity index (χ2n) is 9.21. The molecule has 0 aliphatic carbocycles. The first-order chi connectivity index (χ1) is 19.4. The molecule has 1 amide bonds. The summed E-state index contributed by atoms with van der Waals surface area (Å²) in [4.78, 5) is 14.4. The lowest BCUT2D eigenvalue weighted by molar-refractivity contribution is -0.137. The molecule has 0 aromatic heterocycles. The Morgan fingerprint density at radius 3 is 2.52 bits per heavy atom. The van der Waals surface area contributed by atoms with E-state index >= 15 is 0 Å². The molecule has 212 valence electrons. The average molecular weight is 632 g/mol. The van der Waals surface area contributed by atoms with E-state index in [1.807, 2.05) is 48.5 Å². The van der Waals surface area contributed by atoms with Crippen molar-refractivity contribution in [3.05, 3.63) is 93.6 Å². The number of nitrogens with zero attached hydrogens (tertiary/aromatic N) is 1. The van der Waals surface area contributed by atoms with E-state index in [1.54, 1.807) is 17.0 Å². The van der Waals surface area contributed by atoms with E-state index in [2.05, 4.69) is 27.8 Å². The standard InChI is InChI=1S/C30H32BrClN2O6/c1-20(36)26(17-35)33-16-23-14-25(32)28(15-27(23)40-19-29(37)34-10-12-38-13-11-34)39-18-22-8-5-9-24(30(22)31)21-6-3-2-4-7-21/h2-9,14-15,26,33,35-36H,1,10-13,16-19H2/t26-/m0/s1. The van der Waals surface area contributed by atoms with E-state index in [-0.39, 0.29) is 38.0 Å². The summed E-state index contributed by atoms with van der Waals surface area (Å²) in [5.41, 5.74) is 3.68. The minimum atomic E-state index is -0.730. The fourth-order valence-electron chi connectivity index (χ4n) is 4.21. The largest absolute Gasteiger partial charge is 0.511 e. The fraction of sp³-hybridized carbons (Fsp3) is 0.300. The molecule has 0 bridgehead atoms. The van der Waals surface area contributed by atoms with Gasteiger partial charge in [0.2, 0.25) is 0 Å². The molecule has 3 aromatic carbocycles. The molecule has 8 nitrogen and oxygen atoms in total. The number of halogens is 2. The first-order valence-corrected chi connectivity index (χ1v) is 14.0. The number of hydrogen-bond donors (Lipinski definition) is 3. The number of nitrogens with one attached hydrogen (secondary N) is 1. The quantitative estimate of drug-likeness (QED) is 0.239. The molecule has 1 aliphatic heterocycles. The van der Waals surface area contributed by atoms with Gasteiger partial charge < -0.3 is 34.6 Å². The zero-order chi connectivity index (χ0) is 28.5. The minimum absolute atomic E-state index is 0.154. The Labute approximate surface area is 247 Å². The first-order valence-electron chi connectivity index (χ1n) is 12.9. The number of morpholine rings is 1. The van der Waals surface area contributed by atoms with Crippen LogP contribution in [0.4, 0.5) is 0 Å². The zero-order valence-corrected chi connectivity index (χ0v) is 24.3. The molecular formula is C30H32BrClN2O6. The van der Waals surface area contributed by atoms with Crippen molar-refractivity contribution < 1.29 is 29.2 Å². The van der Waals surface area contributed by atoms with Crippen LogP contribution in [0.1, 0.15) is 11.1 Å². The Morgan fingerprint density at radius 2 is 1.82 bits per heavy atom. The van der Waals surface area contributed by atoms with Crippen molar-refractivity contribution in [2.45, 2.75) is 19.2 Å². The van der Waals surface area contributed by atoms with E-state index in [0.717, 1.165) is 21.2 Å². The molecule has 3 aromatic rings. The van der Waals surface area contributed by atoms with Crippen molar-refractivity contribution in [2.24, 2.45) is 0 Å². The Balaban J connectivity index is 1.53.